The second-order valence-electron chi connectivity index (χ2n) is 10.7. The first-order valence-electron chi connectivity index (χ1n) is 13.0. The van der Waals surface area contributed by atoms with Gasteiger partial charge in [0.25, 0.3) is 0 Å². The molecule has 0 aromatic carbocycles. The van der Waals surface area contributed by atoms with E-state index >= 15 is 0 Å². The molecule has 180 valence electrons. The monoisotopic (exact) mass is 461 g/mol. The third-order valence-corrected chi connectivity index (χ3v) is 7.80. The van der Waals surface area contributed by atoms with Crippen LogP contribution in [0.15, 0.2) is 12.1 Å². The zero-order valence-corrected chi connectivity index (χ0v) is 20.3. The van der Waals surface area contributed by atoms with E-state index in [4.69, 9.17) is 20.1 Å². The van der Waals surface area contributed by atoms with Crippen LogP contribution in [-0.2, 0) is 12.8 Å². The number of aliphatic hydroxyl groups is 1. The summed E-state index contributed by atoms with van der Waals surface area (Å²) in [6.07, 6.45) is 10.3. The van der Waals surface area contributed by atoms with Crippen molar-refractivity contribution in [2.45, 2.75) is 89.7 Å². The molecule has 1 aliphatic heterocycles. The molecule has 0 unspecified atom stereocenters. The summed E-state index contributed by atoms with van der Waals surface area (Å²) in [6, 6.07) is 4.52. The van der Waals surface area contributed by atoms with Crippen molar-refractivity contribution < 1.29 is 5.11 Å². The molecule has 0 amide bonds. The Kier molecular flexibility index (Phi) is 5.43. The number of aryl methyl sites for hydroxylation is 3. The van der Waals surface area contributed by atoms with Crippen LogP contribution >= 0.6 is 0 Å². The van der Waals surface area contributed by atoms with Crippen LogP contribution in [-0.4, -0.2) is 54.4 Å². The van der Waals surface area contributed by atoms with E-state index in [0.717, 1.165) is 97.4 Å². The van der Waals surface area contributed by atoms with Crippen LogP contribution in [0.25, 0.3) is 17.0 Å². The molecule has 1 saturated carbocycles. The second kappa shape index (κ2) is 8.48. The van der Waals surface area contributed by atoms with Gasteiger partial charge in [-0.2, -0.15) is 9.61 Å². The van der Waals surface area contributed by atoms with Gasteiger partial charge in [0.15, 0.2) is 5.65 Å². The number of nitrogens with zero attached hydrogens (tertiary/aromatic N) is 6. The lowest BCUT2D eigenvalue weighted by Gasteiger charge is -2.34. The first kappa shape index (κ1) is 21.8. The van der Waals surface area contributed by atoms with Gasteiger partial charge in [-0.1, -0.05) is 0 Å². The molecule has 1 saturated heterocycles. The summed E-state index contributed by atoms with van der Waals surface area (Å²) in [7, 11) is 0. The van der Waals surface area contributed by atoms with Gasteiger partial charge in [0.2, 0.25) is 0 Å². The average Bonchev–Trinajstić information content (AvgIpc) is 3.50. The van der Waals surface area contributed by atoms with E-state index < -0.39 is 5.60 Å². The molecule has 2 N–H and O–H groups in total. The van der Waals surface area contributed by atoms with Crippen molar-refractivity contribution in [2.75, 3.05) is 23.3 Å². The van der Waals surface area contributed by atoms with Crippen molar-refractivity contribution in [2.24, 2.45) is 0 Å². The average molecular weight is 462 g/mol. The fourth-order valence-corrected chi connectivity index (χ4v) is 5.71. The zero-order valence-electron chi connectivity index (χ0n) is 20.3. The van der Waals surface area contributed by atoms with Gasteiger partial charge in [0.1, 0.15) is 23.0 Å². The quantitative estimate of drug-likeness (QED) is 0.605. The fourth-order valence-electron chi connectivity index (χ4n) is 5.71. The summed E-state index contributed by atoms with van der Waals surface area (Å²) in [5.74, 6) is 1.98. The summed E-state index contributed by atoms with van der Waals surface area (Å²) in [4.78, 5) is 17.3. The summed E-state index contributed by atoms with van der Waals surface area (Å²) >= 11 is 0. The minimum Gasteiger partial charge on any atom is -0.390 e. The van der Waals surface area contributed by atoms with Gasteiger partial charge in [0, 0.05) is 31.3 Å². The van der Waals surface area contributed by atoms with Crippen molar-refractivity contribution in [3.63, 3.8) is 0 Å². The van der Waals surface area contributed by atoms with Gasteiger partial charge in [-0.05, 0) is 78.1 Å². The Morgan fingerprint density at radius 2 is 1.68 bits per heavy atom. The Balaban J connectivity index is 1.39. The van der Waals surface area contributed by atoms with Crippen LogP contribution in [0.4, 0.5) is 11.6 Å². The first-order valence-corrected chi connectivity index (χ1v) is 13.0. The van der Waals surface area contributed by atoms with Gasteiger partial charge in [0.05, 0.1) is 22.7 Å². The molecular formula is C26H35N7O. The predicted octanol–water partition coefficient (Wildman–Crippen LogP) is 4.08. The standard InChI is InChI=1S/C26H35N7O/c1-17-25(29-20-8-4-3-7-19(20)27-17)21-15-23-30-22(32-13-5-6-14-32)16-24(33(23)31-21)28-18-9-11-26(2,34)12-10-18/h15-16,18,28,34H,3-14H2,1-2H3/t18-,26-. The molecule has 3 aromatic rings. The highest BCUT2D eigenvalue weighted by Gasteiger charge is 2.29. The number of fused-ring (bicyclic) bond motifs is 2. The number of hydrogen-bond donors (Lipinski definition) is 2. The van der Waals surface area contributed by atoms with E-state index in [9.17, 15) is 5.11 Å². The summed E-state index contributed by atoms with van der Waals surface area (Å²) in [5, 5.41) is 19.1. The minimum absolute atomic E-state index is 0.315. The Hall–Kier alpha value is -2.74. The normalized spacial score (nSPS) is 25.0. The number of aromatic nitrogens is 5. The summed E-state index contributed by atoms with van der Waals surface area (Å²) < 4.78 is 1.93. The van der Waals surface area contributed by atoms with E-state index in [2.05, 4.69) is 22.3 Å². The third-order valence-electron chi connectivity index (χ3n) is 7.80. The summed E-state index contributed by atoms with van der Waals surface area (Å²) in [5.41, 5.74) is 5.21. The van der Waals surface area contributed by atoms with Crippen LogP contribution in [0.1, 0.15) is 75.4 Å². The van der Waals surface area contributed by atoms with Crippen molar-refractivity contribution >= 4 is 17.3 Å². The predicted molar refractivity (Wildman–Crippen MR) is 133 cm³/mol. The van der Waals surface area contributed by atoms with E-state index in [1.54, 1.807) is 0 Å². The van der Waals surface area contributed by atoms with Crippen molar-refractivity contribution in [1.82, 2.24) is 24.6 Å². The van der Waals surface area contributed by atoms with E-state index in [0.29, 0.717) is 6.04 Å². The van der Waals surface area contributed by atoms with Crippen molar-refractivity contribution in [3.8, 4) is 11.4 Å². The SMILES string of the molecule is Cc1nc2c(nc1-c1cc3nc(N4CCCC4)cc(N[C@H]4CC[C@](C)(O)CC4)n3n1)CCCC2. The molecule has 2 aliphatic carbocycles. The Morgan fingerprint density at radius 1 is 0.971 bits per heavy atom. The van der Waals surface area contributed by atoms with Crippen molar-refractivity contribution in [3.05, 3.63) is 29.2 Å². The van der Waals surface area contributed by atoms with Crippen LogP contribution < -0.4 is 10.2 Å². The number of rotatable bonds is 4. The van der Waals surface area contributed by atoms with Crippen molar-refractivity contribution in [1.29, 1.82) is 0 Å². The van der Waals surface area contributed by atoms with E-state index in [-0.39, 0.29) is 0 Å². The first-order chi connectivity index (χ1) is 16.4. The lowest BCUT2D eigenvalue weighted by molar-refractivity contribution is 0.0196. The van der Waals surface area contributed by atoms with Crippen LogP contribution in [0.5, 0.6) is 0 Å². The maximum absolute atomic E-state index is 10.4. The molecule has 4 heterocycles. The van der Waals surface area contributed by atoms with E-state index in [1.165, 1.54) is 25.7 Å². The highest BCUT2D eigenvalue weighted by atomic mass is 16.3. The molecule has 6 rings (SSSR count). The lowest BCUT2D eigenvalue weighted by atomic mass is 9.84. The van der Waals surface area contributed by atoms with Gasteiger partial charge < -0.3 is 15.3 Å². The molecular weight excluding hydrogens is 426 g/mol. The Morgan fingerprint density at radius 3 is 2.41 bits per heavy atom. The van der Waals surface area contributed by atoms with Gasteiger partial charge >= 0.3 is 0 Å². The Bertz CT molecular complexity index is 1200. The molecule has 0 radical (unpaired) electrons. The minimum atomic E-state index is -0.548. The van der Waals surface area contributed by atoms with Gasteiger partial charge in [-0.25, -0.2) is 9.97 Å². The maximum Gasteiger partial charge on any atom is 0.160 e. The molecule has 3 aromatic heterocycles. The molecule has 8 heteroatoms. The van der Waals surface area contributed by atoms with Gasteiger partial charge in [-0.3, -0.25) is 4.98 Å². The Labute approximate surface area is 200 Å². The van der Waals surface area contributed by atoms with Crippen LogP contribution in [0.3, 0.4) is 0 Å². The third kappa shape index (κ3) is 4.13. The van der Waals surface area contributed by atoms with Gasteiger partial charge in [-0.15, -0.1) is 0 Å². The molecule has 0 spiro atoms. The smallest absolute Gasteiger partial charge is 0.160 e. The number of nitrogens with one attached hydrogen (secondary N) is 1. The van der Waals surface area contributed by atoms with E-state index in [1.807, 2.05) is 18.4 Å². The lowest BCUT2D eigenvalue weighted by Crippen LogP contribution is -2.36. The zero-order chi connectivity index (χ0) is 23.3. The number of hydrogen-bond acceptors (Lipinski definition) is 7. The highest BCUT2D eigenvalue weighted by molar-refractivity contribution is 5.67. The second-order valence-corrected chi connectivity index (χ2v) is 10.7. The summed E-state index contributed by atoms with van der Waals surface area (Å²) in [6.45, 7) is 6.08. The largest absolute Gasteiger partial charge is 0.390 e. The topological polar surface area (TPSA) is 91.5 Å². The molecule has 8 nitrogen and oxygen atoms in total. The molecule has 0 bridgehead atoms. The highest BCUT2D eigenvalue weighted by Crippen LogP contribution is 2.32. The maximum atomic E-state index is 10.4. The molecule has 0 atom stereocenters. The number of anilines is 2. The molecule has 3 aliphatic rings. The molecule has 2 fully saturated rings. The molecule has 34 heavy (non-hydrogen) atoms. The van der Waals surface area contributed by atoms with Crippen LogP contribution in [0, 0.1) is 6.92 Å². The van der Waals surface area contributed by atoms with Crippen LogP contribution in [0.2, 0.25) is 0 Å². The fraction of sp³-hybridized carbons (Fsp3) is 0.615.